The number of rotatable bonds is 5. The lowest BCUT2D eigenvalue weighted by atomic mass is 10.1. The van der Waals surface area contributed by atoms with E-state index in [1.54, 1.807) is 6.26 Å². The van der Waals surface area contributed by atoms with E-state index in [0.29, 0.717) is 0 Å². The Morgan fingerprint density at radius 1 is 1.42 bits per heavy atom. The first kappa shape index (κ1) is 13.3. The van der Waals surface area contributed by atoms with Crippen LogP contribution >= 0.6 is 0 Å². The van der Waals surface area contributed by atoms with Crippen molar-refractivity contribution in [1.82, 2.24) is 10.3 Å². The molecule has 19 heavy (non-hydrogen) atoms. The summed E-state index contributed by atoms with van der Waals surface area (Å²) in [6.45, 7) is 1.89. The van der Waals surface area contributed by atoms with Gasteiger partial charge in [-0.3, -0.25) is 4.79 Å². The lowest BCUT2D eigenvalue weighted by Gasteiger charge is -2.12. The van der Waals surface area contributed by atoms with E-state index in [0.717, 1.165) is 18.6 Å². The first-order valence-electron chi connectivity index (χ1n) is 6.11. The van der Waals surface area contributed by atoms with Crippen LogP contribution in [-0.2, 0) is 6.42 Å². The van der Waals surface area contributed by atoms with Gasteiger partial charge in [0.2, 0.25) is 5.95 Å². The quantitative estimate of drug-likeness (QED) is 0.842. The number of carbonyl (C=O) groups excluding carboxylic acids is 1. The van der Waals surface area contributed by atoms with E-state index in [1.165, 1.54) is 18.2 Å². The Morgan fingerprint density at radius 2 is 2.26 bits per heavy atom. The molecule has 0 radical (unpaired) electrons. The lowest BCUT2D eigenvalue weighted by molar-refractivity contribution is 0.0932. The van der Waals surface area contributed by atoms with Crippen molar-refractivity contribution < 1.29 is 13.6 Å². The first-order chi connectivity index (χ1) is 9.15. The molecule has 1 amide bonds. The van der Waals surface area contributed by atoms with Crippen LogP contribution in [0.15, 0.2) is 41.0 Å². The highest BCUT2D eigenvalue weighted by Crippen LogP contribution is 2.06. The van der Waals surface area contributed by atoms with Crippen LogP contribution < -0.4 is 5.32 Å². The molecule has 2 aromatic rings. The molecule has 4 nitrogen and oxygen atoms in total. The molecule has 2 rings (SSSR count). The molecule has 5 heteroatoms. The lowest BCUT2D eigenvalue weighted by Crippen LogP contribution is -2.33. The van der Waals surface area contributed by atoms with Crippen molar-refractivity contribution in [3.8, 4) is 0 Å². The van der Waals surface area contributed by atoms with E-state index in [1.807, 2.05) is 19.1 Å². The first-order valence-corrected chi connectivity index (χ1v) is 6.11. The molecule has 1 atom stereocenters. The molecule has 0 fully saturated rings. The van der Waals surface area contributed by atoms with Gasteiger partial charge >= 0.3 is 0 Å². The number of hydrogen-bond acceptors (Lipinski definition) is 3. The summed E-state index contributed by atoms with van der Waals surface area (Å²) < 4.78 is 18.1. The number of aryl methyl sites for hydroxylation is 1. The average molecular weight is 262 g/mol. The SMILES string of the molecule is CC(CCc1ccco1)NC(=O)c1cccc(F)n1. The van der Waals surface area contributed by atoms with Gasteiger partial charge < -0.3 is 9.73 Å². The second-order valence-electron chi connectivity index (χ2n) is 4.34. The van der Waals surface area contributed by atoms with Crippen molar-refractivity contribution in [3.05, 3.63) is 54.0 Å². The van der Waals surface area contributed by atoms with Crippen LogP contribution in [0.25, 0.3) is 0 Å². The van der Waals surface area contributed by atoms with Gasteiger partial charge in [-0.2, -0.15) is 4.39 Å². The molecule has 0 aliphatic carbocycles. The van der Waals surface area contributed by atoms with Crippen molar-refractivity contribution >= 4 is 5.91 Å². The Labute approximate surface area is 110 Å². The number of hydrogen-bond donors (Lipinski definition) is 1. The van der Waals surface area contributed by atoms with Crippen molar-refractivity contribution in [1.29, 1.82) is 0 Å². The van der Waals surface area contributed by atoms with E-state index in [9.17, 15) is 9.18 Å². The smallest absolute Gasteiger partial charge is 0.270 e. The van der Waals surface area contributed by atoms with Gasteiger partial charge in [0.1, 0.15) is 11.5 Å². The van der Waals surface area contributed by atoms with Crippen LogP contribution in [-0.4, -0.2) is 16.9 Å². The van der Waals surface area contributed by atoms with Gasteiger partial charge in [-0.25, -0.2) is 4.98 Å². The molecular formula is C14H15FN2O2. The van der Waals surface area contributed by atoms with Crippen LogP contribution in [0.1, 0.15) is 29.6 Å². The van der Waals surface area contributed by atoms with Crippen molar-refractivity contribution in [3.63, 3.8) is 0 Å². The fraction of sp³-hybridized carbons (Fsp3) is 0.286. The summed E-state index contributed by atoms with van der Waals surface area (Å²) in [4.78, 5) is 15.3. The predicted octanol–water partition coefficient (Wildman–Crippen LogP) is 2.56. The van der Waals surface area contributed by atoms with Crippen LogP contribution in [0.5, 0.6) is 0 Å². The molecule has 2 heterocycles. The fourth-order valence-electron chi connectivity index (χ4n) is 1.72. The Balaban J connectivity index is 1.84. The number of nitrogens with zero attached hydrogens (tertiary/aromatic N) is 1. The zero-order chi connectivity index (χ0) is 13.7. The van der Waals surface area contributed by atoms with Gasteiger partial charge in [0.25, 0.3) is 5.91 Å². The van der Waals surface area contributed by atoms with E-state index in [4.69, 9.17) is 4.42 Å². The van der Waals surface area contributed by atoms with Crippen LogP contribution in [0.3, 0.4) is 0 Å². The Kier molecular flexibility index (Phi) is 4.28. The summed E-state index contributed by atoms with van der Waals surface area (Å²) in [7, 11) is 0. The zero-order valence-electron chi connectivity index (χ0n) is 10.6. The minimum absolute atomic E-state index is 0.0392. The third-order valence-corrected chi connectivity index (χ3v) is 2.73. The molecule has 0 aliphatic heterocycles. The molecule has 0 aromatic carbocycles. The second-order valence-corrected chi connectivity index (χ2v) is 4.34. The van der Waals surface area contributed by atoms with E-state index in [2.05, 4.69) is 10.3 Å². The van der Waals surface area contributed by atoms with Crippen molar-refractivity contribution in [2.75, 3.05) is 0 Å². The number of pyridine rings is 1. The standard InChI is InChI=1S/C14H15FN2O2/c1-10(7-8-11-4-3-9-19-11)16-14(18)12-5-2-6-13(15)17-12/h2-6,9-10H,7-8H2,1H3,(H,16,18). The molecular weight excluding hydrogens is 247 g/mol. The highest BCUT2D eigenvalue weighted by atomic mass is 19.1. The number of amides is 1. The van der Waals surface area contributed by atoms with Gasteiger partial charge in [0.15, 0.2) is 0 Å². The molecule has 2 aromatic heterocycles. The zero-order valence-corrected chi connectivity index (χ0v) is 10.6. The Morgan fingerprint density at radius 3 is 2.95 bits per heavy atom. The fourth-order valence-corrected chi connectivity index (χ4v) is 1.72. The number of halogens is 1. The van der Waals surface area contributed by atoms with Gasteiger partial charge in [-0.05, 0) is 37.6 Å². The maximum absolute atomic E-state index is 12.9. The van der Waals surface area contributed by atoms with E-state index in [-0.39, 0.29) is 17.6 Å². The van der Waals surface area contributed by atoms with Gasteiger partial charge in [0.05, 0.1) is 6.26 Å². The summed E-state index contributed by atoms with van der Waals surface area (Å²) in [5.74, 6) is -0.146. The number of carbonyl (C=O) groups is 1. The molecule has 0 saturated carbocycles. The molecule has 1 unspecified atom stereocenters. The Hall–Kier alpha value is -2.17. The summed E-state index contributed by atoms with van der Waals surface area (Å²) in [6.07, 6.45) is 3.11. The monoisotopic (exact) mass is 262 g/mol. The minimum atomic E-state index is -0.657. The molecule has 1 N–H and O–H groups in total. The number of aromatic nitrogens is 1. The minimum Gasteiger partial charge on any atom is -0.469 e. The topological polar surface area (TPSA) is 55.1 Å². The summed E-state index contributed by atoms with van der Waals surface area (Å²) >= 11 is 0. The molecule has 100 valence electrons. The highest BCUT2D eigenvalue weighted by molar-refractivity contribution is 5.92. The maximum atomic E-state index is 12.9. The molecule has 0 aliphatic rings. The maximum Gasteiger partial charge on any atom is 0.270 e. The number of nitrogens with one attached hydrogen (secondary N) is 1. The van der Waals surface area contributed by atoms with Gasteiger partial charge in [0, 0.05) is 12.5 Å². The second kappa shape index (κ2) is 6.13. The van der Waals surface area contributed by atoms with Crippen molar-refractivity contribution in [2.45, 2.75) is 25.8 Å². The van der Waals surface area contributed by atoms with Crippen LogP contribution in [0.2, 0.25) is 0 Å². The summed E-state index contributed by atoms with van der Waals surface area (Å²) in [5, 5.41) is 2.78. The van der Waals surface area contributed by atoms with Crippen LogP contribution in [0, 0.1) is 5.95 Å². The molecule has 0 bridgehead atoms. The number of furan rings is 1. The highest BCUT2D eigenvalue weighted by Gasteiger charge is 2.12. The third-order valence-electron chi connectivity index (χ3n) is 2.73. The van der Waals surface area contributed by atoms with Gasteiger partial charge in [-0.1, -0.05) is 6.07 Å². The van der Waals surface area contributed by atoms with Crippen LogP contribution in [0.4, 0.5) is 4.39 Å². The average Bonchev–Trinajstić information content (AvgIpc) is 2.89. The molecule has 0 spiro atoms. The molecule has 0 saturated heterocycles. The third kappa shape index (κ3) is 3.91. The Bertz CT molecular complexity index is 540. The largest absolute Gasteiger partial charge is 0.469 e. The summed E-state index contributed by atoms with van der Waals surface area (Å²) in [6, 6.07) is 7.83. The van der Waals surface area contributed by atoms with E-state index < -0.39 is 5.95 Å². The van der Waals surface area contributed by atoms with E-state index >= 15 is 0 Å². The predicted molar refractivity (Wildman–Crippen MR) is 68.2 cm³/mol. The summed E-state index contributed by atoms with van der Waals surface area (Å²) in [5.41, 5.74) is 0.0878. The normalized spacial score (nSPS) is 12.1. The van der Waals surface area contributed by atoms with Gasteiger partial charge in [-0.15, -0.1) is 0 Å². The van der Waals surface area contributed by atoms with Crippen molar-refractivity contribution in [2.24, 2.45) is 0 Å².